The molecule has 0 fully saturated rings. The zero-order valence-electron chi connectivity index (χ0n) is 12.1. The molecule has 0 saturated carbocycles. The largest absolute Gasteiger partial charge is 0.493 e. The summed E-state index contributed by atoms with van der Waals surface area (Å²) in [5.41, 5.74) is 1.01. The van der Waals surface area contributed by atoms with Crippen molar-refractivity contribution in [2.75, 3.05) is 27.3 Å². The molecular weight excluding hydrogens is 324 g/mol. The summed E-state index contributed by atoms with van der Waals surface area (Å²) < 4.78 is 11.4. The van der Waals surface area contributed by atoms with Crippen molar-refractivity contribution in [2.45, 2.75) is 19.9 Å². The number of carbonyl (C=O) groups is 1. The number of hydrogen-bond acceptors (Lipinski definition) is 4. The molecule has 1 aromatic rings. The summed E-state index contributed by atoms with van der Waals surface area (Å²) >= 11 is 3.44. The maximum Gasteiger partial charge on any atom is 0.233 e. The molecule has 112 valence electrons. The Hall–Kier alpha value is -1.27. The van der Waals surface area contributed by atoms with Gasteiger partial charge in [0.05, 0.1) is 25.2 Å². The summed E-state index contributed by atoms with van der Waals surface area (Å²) in [6.07, 6.45) is 0.939. The quantitative estimate of drug-likeness (QED) is 0.757. The SMILES string of the molecule is CCCNC(=O)CNCc1cc(Br)c(OC)c(OC)c1. The Kier molecular flexibility index (Phi) is 7.40. The van der Waals surface area contributed by atoms with Gasteiger partial charge in [-0.15, -0.1) is 0 Å². The number of halogens is 1. The van der Waals surface area contributed by atoms with Crippen LogP contribution in [0, 0.1) is 0 Å². The van der Waals surface area contributed by atoms with E-state index in [0.29, 0.717) is 31.1 Å². The van der Waals surface area contributed by atoms with Crippen LogP contribution in [0.5, 0.6) is 11.5 Å². The Morgan fingerprint density at radius 1 is 1.30 bits per heavy atom. The van der Waals surface area contributed by atoms with Crippen molar-refractivity contribution in [1.82, 2.24) is 10.6 Å². The first-order valence-electron chi connectivity index (χ1n) is 6.50. The van der Waals surface area contributed by atoms with Crippen LogP contribution in [0.3, 0.4) is 0 Å². The van der Waals surface area contributed by atoms with Gasteiger partial charge in [-0.05, 0) is 40.0 Å². The topological polar surface area (TPSA) is 59.6 Å². The zero-order valence-corrected chi connectivity index (χ0v) is 13.7. The molecule has 0 aromatic heterocycles. The first kappa shape index (κ1) is 16.8. The molecular formula is C14H21BrN2O3. The minimum atomic E-state index is 0.00592. The lowest BCUT2D eigenvalue weighted by Crippen LogP contribution is -2.33. The zero-order chi connectivity index (χ0) is 15.0. The van der Waals surface area contributed by atoms with E-state index >= 15 is 0 Å². The minimum absolute atomic E-state index is 0.00592. The second-order valence-corrected chi connectivity index (χ2v) is 5.12. The van der Waals surface area contributed by atoms with Gasteiger partial charge in [-0.1, -0.05) is 6.92 Å². The molecule has 0 aliphatic carbocycles. The highest BCUT2D eigenvalue weighted by Gasteiger charge is 2.10. The molecule has 0 heterocycles. The van der Waals surface area contributed by atoms with Crippen molar-refractivity contribution >= 4 is 21.8 Å². The lowest BCUT2D eigenvalue weighted by atomic mass is 10.2. The first-order valence-corrected chi connectivity index (χ1v) is 7.29. The monoisotopic (exact) mass is 344 g/mol. The van der Waals surface area contributed by atoms with Crippen LogP contribution in [-0.2, 0) is 11.3 Å². The molecule has 1 amide bonds. The molecule has 2 N–H and O–H groups in total. The second-order valence-electron chi connectivity index (χ2n) is 4.27. The van der Waals surface area contributed by atoms with Crippen LogP contribution in [0.15, 0.2) is 16.6 Å². The number of ether oxygens (including phenoxy) is 2. The van der Waals surface area contributed by atoms with Gasteiger partial charge in [0.1, 0.15) is 0 Å². The minimum Gasteiger partial charge on any atom is -0.493 e. The van der Waals surface area contributed by atoms with Crippen LogP contribution >= 0.6 is 15.9 Å². The molecule has 6 heteroatoms. The summed E-state index contributed by atoms with van der Waals surface area (Å²) in [4.78, 5) is 11.5. The van der Waals surface area contributed by atoms with Gasteiger partial charge in [-0.25, -0.2) is 0 Å². The summed E-state index contributed by atoms with van der Waals surface area (Å²) in [6.45, 7) is 3.61. The number of rotatable bonds is 8. The highest BCUT2D eigenvalue weighted by atomic mass is 79.9. The third kappa shape index (κ3) is 5.02. The third-order valence-corrected chi connectivity index (χ3v) is 3.27. The predicted molar refractivity (Wildman–Crippen MR) is 82.3 cm³/mol. The predicted octanol–water partition coefficient (Wildman–Crippen LogP) is 2.08. The smallest absolute Gasteiger partial charge is 0.233 e. The van der Waals surface area contributed by atoms with E-state index in [9.17, 15) is 4.79 Å². The highest BCUT2D eigenvalue weighted by molar-refractivity contribution is 9.10. The second kappa shape index (κ2) is 8.81. The van der Waals surface area contributed by atoms with Gasteiger partial charge in [-0.3, -0.25) is 4.79 Å². The van der Waals surface area contributed by atoms with Crippen molar-refractivity contribution in [2.24, 2.45) is 0 Å². The summed E-state index contributed by atoms with van der Waals surface area (Å²) in [5, 5.41) is 5.91. The molecule has 1 rings (SSSR count). The maximum atomic E-state index is 11.5. The fourth-order valence-corrected chi connectivity index (χ4v) is 2.37. The van der Waals surface area contributed by atoms with Gasteiger partial charge in [0.2, 0.25) is 5.91 Å². The Bertz CT molecular complexity index is 452. The molecule has 0 spiro atoms. The Balaban J connectivity index is 2.56. The number of nitrogens with one attached hydrogen (secondary N) is 2. The van der Waals surface area contributed by atoms with Gasteiger partial charge >= 0.3 is 0 Å². The summed E-state index contributed by atoms with van der Waals surface area (Å²) in [7, 11) is 3.19. The van der Waals surface area contributed by atoms with E-state index in [-0.39, 0.29) is 5.91 Å². The summed E-state index contributed by atoms with van der Waals surface area (Å²) in [5.74, 6) is 1.33. The van der Waals surface area contributed by atoms with E-state index in [1.54, 1.807) is 14.2 Å². The standard InChI is InChI=1S/C14H21BrN2O3/c1-4-5-17-13(18)9-16-8-10-6-11(15)14(20-3)12(7-10)19-2/h6-7,16H,4-5,8-9H2,1-3H3,(H,17,18). The Labute approximate surface area is 128 Å². The number of hydrogen-bond donors (Lipinski definition) is 2. The van der Waals surface area contributed by atoms with Crippen LogP contribution in [0.4, 0.5) is 0 Å². The van der Waals surface area contributed by atoms with Crippen molar-refractivity contribution in [3.8, 4) is 11.5 Å². The molecule has 0 saturated heterocycles. The molecule has 0 radical (unpaired) electrons. The van der Waals surface area contributed by atoms with Crippen LogP contribution in [0.2, 0.25) is 0 Å². The van der Waals surface area contributed by atoms with Crippen LogP contribution in [0.1, 0.15) is 18.9 Å². The highest BCUT2D eigenvalue weighted by Crippen LogP contribution is 2.36. The van der Waals surface area contributed by atoms with E-state index in [1.165, 1.54) is 0 Å². The van der Waals surface area contributed by atoms with Crippen molar-refractivity contribution in [1.29, 1.82) is 0 Å². The molecule has 0 bridgehead atoms. The average molecular weight is 345 g/mol. The van der Waals surface area contributed by atoms with Gasteiger partial charge in [-0.2, -0.15) is 0 Å². The van der Waals surface area contributed by atoms with Gasteiger partial charge in [0.15, 0.2) is 11.5 Å². The number of carbonyl (C=O) groups excluding carboxylic acids is 1. The van der Waals surface area contributed by atoms with E-state index in [1.807, 2.05) is 19.1 Å². The van der Waals surface area contributed by atoms with E-state index in [2.05, 4.69) is 26.6 Å². The maximum absolute atomic E-state index is 11.5. The first-order chi connectivity index (χ1) is 9.62. The molecule has 0 unspecified atom stereocenters. The third-order valence-electron chi connectivity index (χ3n) is 2.68. The average Bonchev–Trinajstić information content (AvgIpc) is 2.44. The fraction of sp³-hybridized carbons (Fsp3) is 0.500. The molecule has 0 atom stereocenters. The lowest BCUT2D eigenvalue weighted by Gasteiger charge is -2.12. The summed E-state index contributed by atoms with van der Waals surface area (Å²) in [6, 6.07) is 3.83. The molecule has 20 heavy (non-hydrogen) atoms. The molecule has 0 aliphatic rings. The fourth-order valence-electron chi connectivity index (χ4n) is 1.72. The Morgan fingerprint density at radius 3 is 2.65 bits per heavy atom. The molecule has 5 nitrogen and oxygen atoms in total. The van der Waals surface area contributed by atoms with Gasteiger partial charge in [0, 0.05) is 13.1 Å². The van der Waals surface area contributed by atoms with Gasteiger partial charge in [0.25, 0.3) is 0 Å². The normalized spacial score (nSPS) is 10.2. The van der Waals surface area contributed by atoms with E-state index < -0.39 is 0 Å². The van der Waals surface area contributed by atoms with Crippen molar-refractivity contribution < 1.29 is 14.3 Å². The van der Waals surface area contributed by atoms with Crippen LogP contribution in [0.25, 0.3) is 0 Å². The van der Waals surface area contributed by atoms with Crippen molar-refractivity contribution in [3.05, 3.63) is 22.2 Å². The van der Waals surface area contributed by atoms with Gasteiger partial charge < -0.3 is 20.1 Å². The van der Waals surface area contributed by atoms with Crippen LogP contribution < -0.4 is 20.1 Å². The molecule has 1 aromatic carbocycles. The van der Waals surface area contributed by atoms with E-state index in [4.69, 9.17) is 9.47 Å². The molecule has 0 aliphatic heterocycles. The lowest BCUT2D eigenvalue weighted by molar-refractivity contribution is -0.120. The number of amides is 1. The van der Waals surface area contributed by atoms with Crippen molar-refractivity contribution in [3.63, 3.8) is 0 Å². The van der Waals surface area contributed by atoms with Crippen LogP contribution in [-0.4, -0.2) is 33.2 Å². The van der Waals surface area contributed by atoms with E-state index in [0.717, 1.165) is 16.5 Å². The number of methoxy groups -OCH3 is 2. The Morgan fingerprint density at radius 2 is 2.05 bits per heavy atom. The number of benzene rings is 1.